The molecule has 7 heteroatoms. The van der Waals surface area contributed by atoms with E-state index >= 15 is 0 Å². The summed E-state index contributed by atoms with van der Waals surface area (Å²) in [5, 5.41) is 11.7. The van der Waals surface area contributed by atoms with Gasteiger partial charge in [0.1, 0.15) is 10.2 Å². The summed E-state index contributed by atoms with van der Waals surface area (Å²) in [6.07, 6.45) is 4.54. The summed E-state index contributed by atoms with van der Waals surface area (Å²) in [7, 11) is 0. The summed E-state index contributed by atoms with van der Waals surface area (Å²) in [6.45, 7) is 4.54. The summed E-state index contributed by atoms with van der Waals surface area (Å²) in [5.41, 5.74) is 0.960. The van der Waals surface area contributed by atoms with E-state index in [4.69, 9.17) is 11.6 Å². The van der Waals surface area contributed by atoms with Crippen molar-refractivity contribution in [2.45, 2.75) is 26.4 Å². The van der Waals surface area contributed by atoms with E-state index in [2.05, 4.69) is 4.98 Å². The monoisotopic (exact) mass is 301 g/mol. The molecule has 1 heterocycles. The fourth-order valence-electron chi connectivity index (χ4n) is 1.55. The molecular formula is C12H16ClN3O2S. The third-order valence-corrected chi connectivity index (χ3v) is 3.45. The summed E-state index contributed by atoms with van der Waals surface area (Å²) in [4.78, 5) is 16.2. The lowest BCUT2D eigenvalue weighted by Gasteiger charge is -2.28. The van der Waals surface area contributed by atoms with Crippen LogP contribution in [0, 0.1) is 10.1 Å². The number of pyridine rings is 1. The third-order valence-electron chi connectivity index (χ3n) is 2.47. The normalized spacial score (nSPS) is 11.7. The van der Waals surface area contributed by atoms with Crippen molar-refractivity contribution in [1.82, 2.24) is 9.88 Å². The fraction of sp³-hybridized carbons (Fsp3) is 0.417. The highest BCUT2D eigenvalue weighted by Crippen LogP contribution is 2.23. The highest BCUT2D eigenvalue weighted by molar-refractivity contribution is 8.02. The molecule has 0 N–H and O–H groups in total. The molecule has 0 saturated heterocycles. The number of thioether (sulfide) groups is 1. The maximum absolute atomic E-state index is 10.7. The molecule has 0 fully saturated rings. The van der Waals surface area contributed by atoms with Gasteiger partial charge in [-0.2, -0.15) is 0 Å². The molecule has 1 aromatic heterocycles. The van der Waals surface area contributed by atoms with Crippen LogP contribution < -0.4 is 0 Å². The van der Waals surface area contributed by atoms with Gasteiger partial charge in [0.05, 0.1) is 4.92 Å². The van der Waals surface area contributed by atoms with Gasteiger partial charge in [0.15, 0.2) is 0 Å². The number of nitro groups is 1. The predicted molar refractivity (Wildman–Crippen MR) is 78.5 cm³/mol. The first-order valence-corrected chi connectivity index (χ1v) is 7.30. The first-order valence-electron chi connectivity index (χ1n) is 5.70. The van der Waals surface area contributed by atoms with E-state index in [0.717, 1.165) is 11.8 Å². The summed E-state index contributed by atoms with van der Waals surface area (Å²) in [5.74, 6) is 0. The standard InChI is InChI=1S/C12H16ClN3O2S/c1-9(2)15(12(19-3)8-16(17)18)7-10-4-5-11(13)14-6-10/h4-6,8-9H,7H2,1-3H3. The van der Waals surface area contributed by atoms with Gasteiger partial charge in [0, 0.05) is 18.8 Å². The first-order chi connectivity index (χ1) is 8.93. The van der Waals surface area contributed by atoms with Crippen molar-refractivity contribution in [2.75, 3.05) is 6.26 Å². The molecule has 19 heavy (non-hydrogen) atoms. The van der Waals surface area contributed by atoms with Gasteiger partial charge in [-0.15, -0.1) is 11.8 Å². The summed E-state index contributed by atoms with van der Waals surface area (Å²) in [6, 6.07) is 3.73. The van der Waals surface area contributed by atoms with Crippen molar-refractivity contribution in [3.8, 4) is 0 Å². The average molecular weight is 302 g/mol. The van der Waals surface area contributed by atoms with Gasteiger partial charge in [-0.3, -0.25) is 10.1 Å². The zero-order valence-corrected chi connectivity index (χ0v) is 12.6. The fourth-order valence-corrected chi connectivity index (χ4v) is 2.36. The van der Waals surface area contributed by atoms with Crippen LogP contribution in [-0.4, -0.2) is 27.1 Å². The number of halogens is 1. The van der Waals surface area contributed by atoms with Crippen LogP contribution in [0.2, 0.25) is 5.15 Å². The Morgan fingerprint density at radius 2 is 2.32 bits per heavy atom. The quantitative estimate of drug-likeness (QED) is 0.458. The summed E-state index contributed by atoms with van der Waals surface area (Å²) >= 11 is 7.10. The Morgan fingerprint density at radius 3 is 2.74 bits per heavy atom. The minimum Gasteiger partial charge on any atom is -0.355 e. The van der Waals surface area contributed by atoms with Gasteiger partial charge in [0.25, 0.3) is 6.20 Å². The second-order valence-corrected chi connectivity index (χ2v) is 5.38. The second kappa shape index (κ2) is 7.35. The average Bonchev–Trinajstić information content (AvgIpc) is 2.35. The van der Waals surface area contributed by atoms with Crippen LogP contribution >= 0.6 is 23.4 Å². The van der Waals surface area contributed by atoms with E-state index in [-0.39, 0.29) is 6.04 Å². The largest absolute Gasteiger partial charge is 0.355 e. The van der Waals surface area contributed by atoms with Crippen molar-refractivity contribution >= 4 is 23.4 Å². The highest BCUT2D eigenvalue weighted by Gasteiger charge is 2.16. The molecular weight excluding hydrogens is 286 g/mol. The Bertz CT molecular complexity index is 463. The maximum Gasteiger partial charge on any atom is 0.264 e. The molecule has 0 saturated carbocycles. The van der Waals surface area contributed by atoms with E-state index in [0.29, 0.717) is 16.7 Å². The molecule has 0 aliphatic heterocycles. The van der Waals surface area contributed by atoms with E-state index in [1.54, 1.807) is 12.3 Å². The topological polar surface area (TPSA) is 59.3 Å². The van der Waals surface area contributed by atoms with Crippen LogP contribution in [-0.2, 0) is 6.54 Å². The van der Waals surface area contributed by atoms with E-state index in [1.807, 2.05) is 31.1 Å². The minimum absolute atomic E-state index is 0.148. The molecule has 1 aromatic rings. The van der Waals surface area contributed by atoms with Crippen molar-refractivity contribution in [3.63, 3.8) is 0 Å². The Balaban J connectivity index is 2.94. The second-order valence-electron chi connectivity index (χ2n) is 4.17. The van der Waals surface area contributed by atoms with Crippen LogP contribution in [0.15, 0.2) is 29.6 Å². The van der Waals surface area contributed by atoms with Crippen molar-refractivity contribution in [1.29, 1.82) is 0 Å². The smallest absolute Gasteiger partial charge is 0.264 e. The lowest BCUT2D eigenvalue weighted by molar-refractivity contribution is -0.403. The molecule has 0 aliphatic rings. The van der Waals surface area contributed by atoms with Gasteiger partial charge in [-0.1, -0.05) is 17.7 Å². The van der Waals surface area contributed by atoms with E-state index in [9.17, 15) is 10.1 Å². The molecule has 0 atom stereocenters. The molecule has 1 rings (SSSR count). The molecule has 0 bridgehead atoms. The predicted octanol–water partition coefficient (Wildman–Crippen LogP) is 3.38. The van der Waals surface area contributed by atoms with Gasteiger partial charge >= 0.3 is 0 Å². The molecule has 0 aromatic carbocycles. The van der Waals surface area contributed by atoms with Crippen LogP contribution in [0.25, 0.3) is 0 Å². The van der Waals surface area contributed by atoms with E-state index in [1.165, 1.54) is 11.8 Å². The van der Waals surface area contributed by atoms with Gasteiger partial charge in [-0.05, 0) is 31.7 Å². The molecule has 0 unspecified atom stereocenters. The number of hydrogen-bond donors (Lipinski definition) is 0. The van der Waals surface area contributed by atoms with Crippen molar-refractivity contribution in [3.05, 3.63) is 50.4 Å². The molecule has 104 valence electrons. The number of rotatable bonds is 6. The SMILES string of the molecule is CSC(=C[N+](=O)[O-])N(Cc1ccc(Cl)nc1)C(C)C. The highest BCUT2D eigenvalue weighted by atomic mass is 35.5. The molecule has 0 radical (unpaired) electrons. The van der Waals surface area contributed by atoms with Crippen LogP contribution in [0.1, 0.15) is 19.4 Å². The van der Waals surface area contributed by atoms with Gasteiger partial charge in [-0.25, -0.2) is 4.98 Å². The molecule has 0 spiro atoms. The third kappa shape index (κ3) is 5.08. The van der Waals surface area contributed by atoms with Crippen molar-refractivity contribution in [2.24, 2.45) is 0 Å². The van der Waals surface area contributed by atoms with Crippen molar-refractivity contribution < 1.29 is 4.92 Å². The zero-order valence-electron chi connectivity index (χ0n) is 11.0. The van der Waals surface area contributed by atoms with Gasteiger partial charge in [0.2, 0.25) is 0 Å². The Labute approximate surface area is 121 Å². The Morgan fingerprint density at radius 1 is 1.63 bits per heavy atom. The first kappa shape index (κ1) is 15.8. The zero-order chi connectivity index (χ0) is 14.4. The van der Waals surface area contributed by atoms with Gasteiger partial charge < -0.3 is 4.90 Å². The molecule has 5 nitrogen and oxygen atoms in total. The Kier molecular flexibility index (Phi) is 6.11. The van der Waals surface area contributed by atoms with E-state index < -0.39 is 4.92 Å². The van der Waals surface area contributed by atoms with Crippen LogP contribution in [0.5, 0.6) is 0 Å². The van der Waals surface area contributed by atoms with Crippen LogP contribution in [0.4, 0.5) is 0 Å². The lowest BCUT2D eigenvalue weighted by Crippen LogP contribution is -2.29. The van der Waals surface area contributed by atoms with Crippen LogP contribution in [0.3, 0.4) is 0 Å². The summed E-state index contributed by atoms with van der Waals surface area (Å²) < 4.78 is 0. The maximum atomic E-state index is 10.7. The minimum atomic E-state index is -0.429. The lowest BCUT2D eigenvalue weighted by atomic mass is 10.2. The number of nitrogens with zero attached hydrogens (tertiary/aromatic N) is 3. The molecule has 0 amide bonds. The number of aromatic nitrogens is 1. The number of hydrogen-bond acceptors (Lipinski definition) is 5. The molecule has 0 aliphatic carbocycles. The Hall–Kier alpha value is -1.27.